The maximum Gasteiger partial charge on any atom is 0.306 e. The Morgan fingerprint density at radius 1 is 1.71 bits per heavy atom. The summed E-state index contributed by atoms with van der Waals surface area (Å²) < 4.78 is 9.99. The minimum absolute atomic E-state index is 0.106. The number of ether oxygens (including phenoxy) is 2. The van der Waals surface area contributed by atoms with Crippen molar-refractivity contribution in [1.82, 2.24) is 0 Å². The summed E-state index contributed by atoms with van der Waals surface area (Å²) in [4.78, 5) is 15.3. The number of carbonyl (C=O) groups excluding carboxylic acids is 1. The van der Waals surface area contributed by atoms with E-state index < -0.39 is 0 Å². The molecule has 1 heterocycles. The highest BCUT2D eigenvalue weighted by Crippen LogP contribution is 2.17. The first-order valence-electron chi connectivity index (χ1n) is 5.01. The number of esters is 1. The van der Waals surface area contributed by atoms with Gasteiger partial charge in [0.05, 0.1) is 20.1 Å². The summed E-state index contributed by atoms with van der Waals surface area (Å²) in [5, 5.41) is 0. The van der Waals surface area contributed by atoms with Crippen molar-refractivity contribution in [3.05, 3.63) is 0 Å². The fraction of sp³-hybridized carbons (Fsp3) is 0.800. The van der Waals surface area contributed by atoms with E-state index in [1.165, 1.54) is 7.11 Å². The van der Waals surface area contributed by atoms with Gasteiger partial charge in [-0.05, 0) is 6.42 Å². The molecule has 0 bridgehead atoms. The minimum Gasteiger partial charge on any atom is -0.479 e. The van der Waals surface area contributed by atoms with E-state index in [2.05, 4.69) is 16.7 Å². The Hall–Kier alpha value is -1.06. The van der Waals surface area contributed by atoms with Gasteiger partial charge in [-0.25, -0.2) is 0 Å². The van der Waals surface area contributed by atoms with Gasteiger partial charge in [0, 0.05) is 5.92 Å². The van der Waals surface area contributed by atoms with Crippen LogP contribution in [0.25, 0.3) is 0 Å². The van der Waals surface area contributed by atoms with Gasteiger partial charge in [0.2, 0.25) is 0 Å². The van der Waals surface area contributed by atoms with Gasteiger partial charge in [0.1, 0.15) is 6.61 Å². The number of aliphatic imine (C=N–C) groups is 1. The Labute approximate surface area is 84.3 Å². The van der Waals surface area contributed by atoms with Crippen molar-refractivity contribution in [3.8, 4) is 0 Å². The second-order valence-corrected chi connectivity index (χ2v) is 3.33. The van der Waals surface area contributed by atoms with E-state index in [0.717, 1.165) is 25.3 Å². The predicted molar refractivity (Wildman–Crippen MR) is 53.3 cm³/mol. The molecular weight excluding hydrogens is 182 g/mol. The molecule has 0 spiro atoms. The number of methoxy groups -OCH3 is 1. The minimum atomic E-state index is -0.193. The van der Waals surface area contributed by atoms with Crippen LogP contribution in [0.15, 0.2) is 4.99 Å². The van der Waals surface area contributed by atoms with Crippen LogP contribution in [0.5, 0.6) is 0 Å². The van der Waals surface area contributed by atoms with Gasteiger partial charge in [-0.2, -0.15) is 0 Å². The molecule has 1 aliphatic heterocycles. The van der Waals surface area contributed by atoms with Crippen molar-refractivity contribution in [2.24, 2.45) is 10.9 Å². The normalized spacial score (nSPS) is 17.1. The third-order valence-corrected chi connectivity index (χ3v) is 2.24. The maximum absolute atomic E-state index is 11.1. The van der Waals surface area contributed by atoms with Crippen LogP contribution in [0, 0.1) is 5.92 Å². The number of nitrogens with zero attached hydrogens (tertiary/aromatic N) is 1. The molecule has 1 rings (SSSR count). The lowest BCUT2D eigenvalue weighted by molar-refractivity contribution is -0.141. The van der Waals surface area contributed by atoms with Crippen LogP contribution in [0.4, 0.5) is 0 Å². The van der Waals surface area contributed by atoms with Gasteiger partial charge in [-0.3, -0.25) is 9.79 Å². The molecule has 0 aromatic carbocycles. The van der Waals surface area contributed by atoms with E-state index in [4.69, 9.17) is 4.74 Å². The number of carbonyl (C=O) groups is 1. The third kappa shape index (κ3) is 3.01. The van der Waals surface area contributed by atoms with Crippen molar-refractivity contribution in [2.45, 2.75) is 26.2 Å². The molecule has 1 unspecified atom stereocenters. The van der Waals surface area contributed by atoms with Crippen LogP contribution >= 0.6 is 0 Å². The van der Waals surface area contributed by atoms with E-state index in [1.807, 2.05) is 0 Å². The number of rotatable bonds is 5. The first-order valence-corrected chi connectivity index (χ1v) is 5.01. The quantitative estimate of drug-likeness (QED) is 0.629. The molecule has 0 aliphatic carbocycles. The zero-order chi connectivity index (χ0) is 10.4. The third-order valence-electron chi connectivity index (χ3n) is 2.24. The largest absolute Gasteiger partial charge is 0.479 e. The van der Waals surface area contributed by atoms with Gasteiger partial charge in [0.25, 0.3) is 0 Å². The lowest BCUT2D eigenvalue weighted by Crippen LogP contribution is -2.19. The zero-order valence-corrected chi connectivity index (χ0v) is 8.78. The van der Waals surface area contributed by atoms with Crippen molar-refractivity contribution in [3.63, 3.8) is 0 Å². The molecule has 0 aromatic rings. The molecule has 1 atom stereocenters. The number of hydrogen-bond donors (Lipinski definition) is 0. The molecule has 0 fully saturated rings. The average molecular weight is 199 g/mol. The standard InChI is InChI=1S/C10H17NO3/c1-3-4-8(7-9(12)13-2)10-11-5-6-14-10/h8H,3-7H2,1-2H3. The molecule has 0 N–H and O–H groups in total. The second-order valence-electron chi connectivity index (χ2n) is 3.33. The molecule has 0 aromatic heterocycles. The van der Waals surface area contributed by atoms with Crippen LogP contribution < -0.4 is 0 Å². The highest BCUT2D eigenvalue weighted by molar-refractivity contribution is 5.84. The lowest BCUT2D eigenvalue weighted by atomic mass is 10.00. The molecule has 14 heavy (non-hydrogen) atoms. The van der Waals surface area contributed by atoms with Crippen LogP contribution in [0.3, 0.4) is 0 Å². The van der Waals surface area contributed by atoms with E-state index in [1.54, 1.807) is 0 Å². The SMILES string of the molecule is CCCC(CC(=O)OC)C1=NCCO1. The molecule has 4 nitrogen and oxygen atoms in total. The van der Waals surface area contributed by atoms with Gasteiger partial charge in [-0.1, -0.05) is 13.3 Å². The van der Waals surface area contributed by atoms with E-state index in [0.29, 0.717) is 13.0 Å². The summed E-state index contributed by atoms with van der Waals surface area (Å²) >= 11 is 0. The maximum atomic E-state index is 11.1. The summed E-state index contributed by atoms with van der Waals surface area (Å²) in [6, 6.07) is 0. The summed E-state index contributed by atoms with van der Waals surface area (Å²) in [5.74, 6) is 0.647. The van der Waals surface area contributed by atoms with Crippen molar-refractivity contribution < 1.29 is 14.3 Å². The fourth-order valence-electron chi connectivity index (χ4n) is 1.54. The summed E-state index contributed by atoms with van der Waals surface area (Å²) in [7, 11) is 1.41. The van der Waals surface area contributed by atoms with Gasteiger partial charge in [-0.15, -0.1) is 0 Å². The highest BCUT2D eigenvalue weighted by Gasteiger charge is 2.23. The van der Waals surface area contributed by atoms with E-state index in [-0.39, 0.29) is 11.9 Å². The Bertz CT molecular complexity index is 225. The summed E-state index contributed by atoms with van der Waals surface area (Å²) in [6.45, 7) is 3.45. The van der Waals surface area contributed by atoms with Crippen molar-refractivity contribution >= 4 is 11.9 Å². The molecule has 80 valence electrons. The molecule has 0 amide bonds. The van der Waals surface area contributed by atoms with E-state index in [9.17, 15) is 4.79 Å². The van der Waals surface area contributed by atoms with E-state index >= 15 is 0 Å². The fourth-order valence-corrected chi connectivity index (χ4v) is 1.54. The molecular formula is C10H17NO3. The Kier molecular flexibility index (Phi) is 4.43. The van der Waals surface area contributed by atoms with Crippen molar-refractivity contribution in [1.29, 1.82) is 0 Å². The van der Waals surface area contributed by atoms with Gasteiger partial charge < -0.3 is 9.47 Å². The lowest BCUT2D eigenvalue weighted by Gasteiger charge is -2.13. The predicted octanol–water partition coefficient (Wildman–Crippen LogP) is 1.39. The Morgan fingerprint density at radius 3 is 3.00 bits per heavy atom. The van der Waals surface area contributed by atoms with Crippen molar-refractivity contribution in [2.75, 3.05) is 20.3 Å². The topological polar surface area (TPSA) is 47.9 Å². The Balaban J connectivity index is 2.49. The summed E-state index contributed by atoms with van der Waals surface area (Å²) in [6.07, 6.45) is 2.32. The first kappa shape index (κ1) is 11.0. The Morgan fingerprint density at radius 2 is 2.50 bits per heavy atom. The van der Waals surface area contributed by atoms with Crippen LogP contribution in [0.1, 0.15) is 26.2 Å². The van der Waals surface area contributed by atoms with Gasteiger partial charge >= 0.3 is 5.97 Å². The zero-order valence-electron chi connectivity index (χ0n) is 8.78. The molecule has 0 saturated heterocycles. The molecule has 1 aliphatic rings. The van der Waals surface area contributed by atoms with Crippen LogP contribution in [-0.2, 0) is 14.3 Å². The average Bonchev–Trinajstić information content (AvgIpc) is 2.69. The number of hydrogen-bond acceptors (Lipinski definition) is 4. The molecule has 0 saturated carbocycles. The van der Waals surface area contributed by atoms with Crippen LogP contribution in [0.2, 0.25) is 0 Å². The van der Waals surface area contributed by atoms with Gasteiger partial charge in [0.15, 0.2) is 5.90 Å². The second kappa shape index (κ2) is 5.62. The highest BCUT2D eigenvalue weighted by atomic mass is 16.5. The van der Waals surface area contributed by atoms with Crippen LogP contribution in [-0.4, -0.2) is 32.1 Å². The summed E-state index contributed by atoms with van der Waals surface area (Å²) in [5.41, 5.74) is 0. The molecule has 0 radical (unpaired) electrons. The monoisotopic (exact) mass is 199 g/mol. The molecule has 4 heteroatoms. The first-order chi connectivity index (χ1) is 6.77. The smallest absolute Gasteiger partial charge is 0.306 e.